The Balaban J connectivity index is 1.62. The van der Waals surface area contributed by atoms with E-state index in [1.54, 1.807) is 0 Å². The second kappa shape index (κ2) is 7.46. The van der Waals surface area contributed by atoms with Gasteiger partial charge < -0.3 is 10.6 Å². The smallest absolute Gasteiger partial charge is 0.236 e. The Morgan fingerprint density at radius 2 is 1.48 bits per heavy atom. The third-order valence-corrected chi connectivity index (χ3v) is 4.80. The number of benzene rings is 3. The van der Waals surface area contributed by atoms with Gasteiger partial charge in [0.2, 0.25) is 11.8 Å². The highest BCUT2D eigenvalue weighted by Crippen LogP contribution is 2.29. The van der Waals surface area contributed by atoms with Crippen LogP contribution in [0.1, 0.15) is 29.0 Å². The molecule has 0 fully saturated rings. The van der Waals surface area contributed by atoms with Gasteiger partial charge in [-0.2, -0.15) is 0 Å². The molecular formula is C23H20N2O2. The van der Waals surface area contributed by atoms with Gasteiger partial charge in [-0.25, -0.2) is 0 Å². The van der Waals surface area contributed by atoms with Gasteiger partial charge in [0.25, 0.3) is 0 Å². The summed E-state index contributed by atoms with van der Waals surface area (Å²) in [7, 11) is 0. The van der Waals surface area contributed by atoms with E-state index in [0.29, 0.717) is 12.8 Å². The number of anilines is 2. The van der Waals surface area contributed by atoms with Crippen molar-refractivity contribution in [1.82, 2.24) is 0 Å². The molecule has 3 aromatic rings. The lowest BCUT2D eigenvalue weighted by molar-refractivity contribution is -0.117. The van der Waals surface area contributed by atoms with Crippen LogP contribution in [0.15, 0.2) is 78.9 Å². The molecule has 0 bridgehead atoms. The lowest BCUT2D eigenvalue weighted by Gasteiger charge is -2.20. The zero-order valence-corrected chi connectivity index (χ0v) is 14.8. The Hall–Kier alpha value is -3.40. The molecule has 4 nitrogen and oxygen atoms in total. The van der Waals surface area contributed by atoms with Gasteiger partial charge in [0.05, 0.1) is 5.92 Å². The molecule has 1 aliphatic rings. The van der Waals surface area contributed by atoms with Crippen molar-refractivity contribution in [2.24, 2.45) is 0 Å². The van der Waals surface area contributed by atoms with E-state index in [-0.39, 0.29) is 17.7 Å². The molecule has 0 unspecified atom stereocenters. The number of aryl methyl sites for hydroxylation is 1. The molecule has 0 atom stereocenters. The maximum atomic E-state index is 13.2. The monoisotopic (exact) mass is 356 g/mol. The van der Waals surface area contributed by atoms with E-state index in [0.717, 1.165) is 28.1 Å². The van der Waals surface area contributed by atoms with Gasteiger partial charge in [-0.1, -0.05) is 60.7 Å². The second-order valence-corrected chi connectivity index (χ2v) is 6.66. The zero-order valence-electron chi connectivity index (χ0n) is 14.8. The van der Waals surface area contributed by atoms with Gasteiger partial charge in [-0.15, -0.1) is 0 Å². The number of rotatable bonds is 4. The number of fused-ring (bicyclic) bond motifs is 1. The Morgan fingerprint density at radius 3 is 2.11 bits per heavy atom. The highest BCUT2D eigenvalue weighted by atomic mass is 16.2. The van der Waals surface area contributed by atoms with E-state index in [4.69, 9.17) is 0 Å². The summed E-state index contributed by atoms with van der Waals surface area (Å²) in [5.74, 6) is -0.428. The molecule has 2 N–H and O–H groups in total. The highest BCUT2D eigenvalue weighted by Gasteiger charge is 2.23. The van der Waals surface area contributed by atoms with E-state index in [9.17, 15) is 9.59 Å². The van der Waals surface area contributed by atoms with Crippen LogP contribution in [-0.4, -0.2) is 11.8 Å². The lowest BCUT2D eigenvalue weighted by Crippen LogP contribution is -2.23. The second-order valence-electron chi connectivity index (χ2n) is 6.66. The van der Waals surface area contributed by atoms with Gasteiger partial charge in [-0.3, -0.25) is 9.59 Å². The number of carbonyl (C=O) groups is 2. The third-order valence-electron chi connectivity index (χ3n) is 4.80. The van der Waals surface area contributed by atoms with E-state index >= 15 is 0 Å². The summed E-state index contributed by atoms with van der Waals surface area (Å²) < 4.78 is 0. The van der Waals surface area contributed by atoms with Crippen LogP contribution in [0.4, 0.5) is 11.4 Å². The van der Waals surface area contributed by atoms with Crippen molar-refractivity contribution in [2.75, 3.05) is 10.6 Å². The summed E-state index contributed by atoms with van der Waals surface area (Å²) in [6.07, 6.45) is 1.16. The fourth-order valence-corrected chi connectivity index (χ4v) is 3.46. The first-order chi connectivity index (χ1) is 13.2. The van der Waals surface area contributed by atoms with E-state index in [1.165, 1.54) is 0 Å². The Morgan fingerprint density at radius 1 is 0.852 bits per heavy atom. The quantitative estimate of drug-likeness (QED) is 0.730. The molecule has 4 heteroatoms. The molecule has 0 spiro atoms. The average Bonchev–Trinajstić information content (AvgIpc) is 2.70. The Labute approximate surface area is 158 Å². The molecule has 2 amide bonds. The number of carbonyl (C=O) groups excluding carboxylic acids is 2. The summed E-state index contributed by atoms with van der Waals surface area (Å²) in [5.41, 5.74) is 4.51. The van der Waals surface area contributed by atoms with Crippen molar-refractivity contribution < 1.29 is 9.59 Å². The molecule has 0 aliphatic carbocycles. The summed E-state index contributed by atoms with van der Waals surface area (Å²) in [4.78, 5) is 24.7. The van der Waals surface area contributed by atoms with Crippen LogP contribution in [0, 0.1) is 0 Å². The zero-order chi connectivity index (χ0) is 18.6. The van der Waals surface area contributed by atoms with Crippen LogP contribution < -0.4 is 10.6 Å². The van der Waals surface area contributed by atoms with Gasteiger partial charge in [0, 0.05) is 17.8 Å². The van der Waals surface area contributed by atoms with Crippen molar-refractivity contribution in [3.63, 3.8) is 0 Å². The molecule has 0 saturated carbocycles. The first kappa shape index (κ1) is 17.0. The van der Waals surface area contributed by atoms with Crippen LogP contribution in [0.2, 0.25) is 0 Å². The minimum Gasteiger partial charge on any atom is -0.326 e. The van der Waals surface area contributed by atoms with Crippen LogP contribution >= 0.6 is 0 Å². The van der Waals surface area contributed by atoms with Crippen molar-refractivity contribution in [1.29, 1.82) is 0 Å². The first-order valence-electron chi connectivity index (χ1n) is 9.04. The molecule has 0 aromatic heterocycles. The fraction of sp³-hybridized carbons (Fsp3) is 0.130. The van der Waals surface area contributed by atoms with Gasteiger partial charge in [-0.05, 0) is 41.3 Å². The maximum Gasteiger partial charge on any atom is 0.236 e. The van der Waals surface area contributed by atoms with Crippen molar-refractivity contribution in [3.05, 3.63) is 95.6 Å². The molecule has 27 heavy (non-hydrogen) atoms. The summed E-state index contributed by atoms with van der Waals surface area (Å²) in [6, 6.07) is 25.2. The predicted octanol–water partition coefficient (Wildman–Crippen LogP) is 4.34. The van der Waals surface area contributed by atoms with Crippen LogP contribution in [-0.2, 0) is 16.0 Å². The lowest BCUT2D eigenvalue weighted by atomic mass is 9.90. The molecule has 3 aromatic carbocycles. The fourth-order valence-electron chi connectivity index (χ4n) is 3.46. The number of hydrogen-bond donors (Lipinski definition) is 2. The highest BCUT2D eigenvalue weighted by molar-refractivity contribution is 5.99. The molecule has 0 radical (unpaired) electrons. The Kier molecular flexibility index (Phi) is 4.71. The molecule has 134 valence electrons. The molecule has 4 rings (SSSR count). The molecule has 0 saturated heterocycles. The van der Waals surface area contributed by atoms with Crippen LogP contribution in [0.5, 0.6) is 0 Å². The summed E-state index contributed by atoms with van der Waals surface area (Å²) in [6.45, 7) is 0. The van der Waals surface area contributed by atoms with E-state index in [2.05, 4.69) is 10.6 Å². The number of amides is 2. The van der Waals surface area contributed by atoms with E-state index in [1.807, 2.05) is 78.9 Å². The van der Waals surface area contributed by atoms with Crippen LogP contribution in [0.3, 0.4) is 0 Å². The molecular weight excluding hydrogens is 336 g/mol. The van der Waals surface area contributed by atoms with Crippen LogP contribution in [0.25, 0.3) is 0 Å². The Bertz CT molecular complexity index is 929. The predicted molar refractivity (Wildman–Crippen MR) is 107 cm³/mol. The number of hydrogen-bond acceptors (Lipinski definition) is 2. The van der Waals surface area contributed by atoms with Gasteiger partial charge >= 0.3 is 0 Å². The van der Waals surface area contributed by atoms with Crippen molar-refractivity contribution in [2.45, 2.75) is 18.8 Å². The normalized spacial score (nSPS) is 13.0. The minimum absolute atomic E-state index is 0.0347. The maximum absolute atomic E-state index is 13.2. The summed E-state index contributed by atoms with van der Waals surface area (Å²) >= 11 is 0. The van der Waals surface area contributed by atoms with Crippen molar-refractivity contribution >= 4 is 23.2 Å². The molecule has 1 heterocycles. The largest absolute Gasteiger partial charge is 0.326 e. The van der Waals surface area contributed by atoms with Gasteiger partial charge in [0.1, 0.15) is 0 Å². The van der Waals surface area contributed by atoms with Gasteiger partial charge in [0.15, 0.2) is 0 Å². The minimum atomic E-state index is -0.386. The molecule has 1 aliphatic heterocycles. The van der Waals surface area contributed by atoms with Crippen molar-refractivity contribution in [3.8, 4) is 0 Å². The standard InChI is InChI=1S/C23H20N2O2/c26-21-14-11-18-15-19(12-13-20(18)25-21)24-23(27)22(16-7-3-1-4-8-16)17-9-5-2-6-10-17/h1-10,12-13,15,22H,11,14H2,(H,24,27)(H,25,26). The van der Waals surface area contributed by atoms with E-state index < -0.39 is 0 Å². The first-order valence-corrected chi connectivity index (χ1v) is 9.04. The number of nitrogens with one attached hydrogen (secondary N) is 2. The average molecular weight is 356 g/mol. The third kappa shape index (κ3) is 3.75. The topological polar surface area (TPSA) is 58.2 Å². The summed E-state index contributed by atoms with van der Waals surface area (Å²) in [5, 5.41) is 5.91. The SMILES string of the molecule is O=C1CCc2cc(NC(=O)C(c3ccccc3)c3ccccc3)ccc2N1.